The van der Waals surface area contributed by atoms with E-state index < -0.39 is 0 Å². The third-order valence-corrected chi connectivity index (χ3v) is 4.68. The minimum absolute atomic E-state index is 0.129. The van der Waals surface area contributed by atoms with Crippen LogP contribution >= 0.6 is 11.3 Å². The van der Waals surface area contributed by atoms with Gasteiger partial charge in [0.15, 0.2) is 5.13 Å². The van der Waals surface area contributed by atoms with E-state index >= 15 is 0 Å². The van der Waals surface area contributed by atoms with Crippen LogP contribution < -0.4 is 16.0 Å². The maximum absolute atomic E-state index is 12.2. The van der Waals surface area contributed by atoms with Gasteiger partial charge in [-0.25, -0.2) is 4.98 Å². The predicted molar refractivity (Wildman–Crippen MR) is 81.4 cm³/mol. The van der Waals surface area contributed by atoms with Crippen LogP contribution in [0.5, 0.6) is 0 Å². The highest BCUT2D eigenvalue weighted by molar-refractivity contribution is 7.18. The Bertz CT molecular complexity index is 471. The Morgan fingerprint density at radius 2 is 2.30 bits per heavy atom. The molecule has 1 aliphatic carbocycles. The van der Waals surface area contributed by atoms with Gasteiger partial charge in [0.05, 0.1) is 6.10 Å². The average molecular weight is 298 g/mol. The molecular weight excluding hydrogens is 276 g/mol. The van der Waals surface area contributed by atoms with Gasteiger partial charge >= 0.3 is 0 Å². The highest BCUT2D eigenvalue weighted by atomic mass is 32.1. The number of ether oxygens (including phenoxy) is 1. The molecule has 7 heteroatoms. The molecule has 112 valence electrons. The minimum Gasteiger partial charge on any atom is -0.382 e. The number of anilines is 2. The first kappa shape index (κ1) is 15.1. The molecule has 0 bridgehead atoms. The van der Waals surface area contributed by atoms with E-state index in [2.05, 4.69) is 17.2 Å². The summed E-state index contributed by atoms with van der Waals surface area (Å²) in [5.41, 5.74) is 5.85. The van der Waals surface area contributed by atoms with Crippen molar-refractivity contribution in [2.45, 2.75) is 38.3 Å². The number of aromatic nitrogens is 1. The zero-order valence-electron chi connectivity index (χ0n) is 12.2. The number of carbonyl (C=O) groups is 1. The highest BCUT2D eigenvalue weighted by Gasteiger charge is 2.31. The topological polar surface area (TPSA) is 80.5 Å². The molecule has 3 N–H and O–H groups in total. The maximum Gasteiger partial charge on any atom is 0.265 e. The summed E-state index contributed by atoms with van der Waals surface area (Å²) in [5, 5.41) is 3.76. The molecule has 6 nitrogen and oxygen atoms in total. The summed E-state index contributed by atoms with van der Waals surface area (Å²) in [5.74, 6) is 0.184. The van der Waals surface area contributed by atoms with Crippen LogP contribution in [0.3, 0.4) is 0 Å². The lowest BCUT2D eigenvalue weighted by Gasteiger charge is -2.34. The van der Waals surface area contributed by atoms with Crippen LogP contribution in [-0.2, 0) is 4.74 Å². The quantitative estimate of drug-likeness (QED) is 0.831. The molecule has 20 heavy (non-hydrogen) atoms. The van der Waals surface area contributed by atoms with Crippen LogP contribution in [0.15, 0.2) is 0 Å². The summed E-state index contributed by atoms with van der Waals surface area (Å²) < 4.78 is 5.20. The van der Waals surface area contributed by atoms with Crippen LogP contribution in [0.2, 0.25) is 0 Å². The number of hydrogen-bond donors (Lipinski definition) is 2. The lowest BCUT2D eigenvalue weighted by Crippen LogP contribution is -2.47. The summed E-state index contributed by atoms with van der Waals surface area (Å²) in [6, 6.07) is 0.186. The van der Waals surface area contributed by atoms with Gasteiger partial charge in [0, 0.05) is 26.7 Å². The lowest BCUT2D eigenvalue weighted by atomic mass is 9.89. The van der Waals surface area contributed by atoms with Crippen molar-refractivity contribution in [3.05, 3.63) is 4.88 Å². The van der Waals surface area contributed by atoms with Crippen molar-refractivity contribution in [2.24, 2.45) is 0 Å². The van der Waals surface area contributed by atoms with Crippen LogP contribution in [0.25, 0.3) is 0 Å². The fraction of sp³-hybridized carbons (Fsp3) is 0.692. The number of methoxy groups -OCH3 is 1. The van der Waals surface area contributed by atoms with Crippen molar-refractivity contribution in [1.82, 2.24) is 10.3 Å². The molecule has 1 saturated carbocycles. The van der Waals surface area contributed by atoms with Gasteiger partial charge in [-0.05, 0) is 19.3 Å². The van der Waals surface area contributed by atoms with Crippen molar-refractivity contribution in [1.29, 1.82) is 0 Å². The van der Waals surface area contributed by atoms with Crippen molar-refractivity contribution in [3.63, 3.8) is 0 Å². The lowest BCUT2D eigenvalue weighted by molar-refractivity contribution is 0.0177. The Morgan fingerprint density at radius 1 is 1.60 bits per heavy atom. The highest BCUT2D eigenvalue weighted by Crippen LogP contribution is 2.29. The Balaban J connectivity index is 1.96. The molecule has 1 aliphatic rings. The molecule has 1 aromatic rings. The van der Waals surface area contributed by atoms with E-state index in [1.807, 2.05) is 11.9 Å². The van der Waals surface area contributed by atoms with Gasteiger partial charge in [0.2, 0.25) is 0 Å². The predicted octanol–water partition coefficient (Wildman–Crippen LogP) is 1.48. The molecule has 0 radical (unpaired) electrons. The van der Waals surface area contributed by atoms with Crippen molar-refractivity contribution in [3.8, 4) is 0 Å². The van der Waals surface area contributed by atoms with Crippen LogP contribution in [0.4, 0.5) is 10.9 Å². The van der Waals surface area contributed by atoms with E-state index in [0.717, 1.165) is 30.9 Å². The Labute approximate surface area is 123 Å². The molecule has 1 heterocycles. The average Bonchev–Trinajstić information content (AvgIpc) is 2.75. The molecule has 0 spiro atoms. The maximum atomic E-state index is 12.2. The smallest absolute Gasteiger partial charge is 0.265 e. The van der Waals surface area contributed by atoms with Gasteiger partial charge in [-0.15, -0.1) is 0 Å². The first-order valence-corrected chi connectivity index (χ1v) is 7.67. The summed E-state index contributed by atoms with van der Waals surface area (Å²) >= 11 is 1.35. The number of carbonyl (C=O) groups excluding carboxylic acids is 1. The van der Waals surface area contributed by atoms with Gasteiger partial charge < -0.3 is 20.7 Å². The Kier molecular flexibility index (Phi) is 4.82. The molecule has 1 fully saturated rings. The van der Waals surface area contributed by atoms with Crippen molar-refractivity contribution in [2.75, 3.05) is 31.3 Å². The summed E-state index contributed by atoms with van der Waals surface area (Å²) in [6.07, 6.45) is 3.02. The van der Waals surface area contributed by atoms with Crippen molar-refractivity contribution >= 4 is 28.2 Å². The molecule has 2 rings (SSSR count). The molecule has 0 saturated heterocycles. The monoisotopic (exact) mass is 298 g/mol. The fourth-order valence-electron chi connectivity index (χ4n) is 2.20. The number of amides is 1. The number of hydrogen-bond acceptors (Lipinski definition) is 6. The molecule has 0 aliphatic heterocycles. The van der Waals surface area contributed by atoms with Crippen molar-refractivity contribution < 1.29 is 9.53 Å². The third kappa shape index (κ3) is 3.21. The van der Waals surface area contributed by atoms with Crippen LogP contribution in [0.1, 0.15) is 35.9 Å². The number of nitrogens with zero attached hydrogens (tertiary/aromatic N) is 2. The second-order valence-electron chi connectivity index (χ2n) is 5.13. The van der Waals surface area contributed by atoms with Crippen LogP contribution in [0, 0.1) is 0 Å². The fourth-order valence-corrected chi connectivity index (χ4v) is 3.08. The Morgan fingerprint density at radius 3 is 2.90 bits per heavy atom. The SMILES string of the molecule is CCCN(C)c1nc(N)c(C(=O)NC2CC(OC)C2)s1. The zero-order chi connectivity index (χ0) is 14.7. The summed E-state index contributed by atoms with van der Waals surface area (Å²) in [7, 11) is 3.65. The van der Waals surface area contributed by atoms with E-state index in [-0.39, 0.29) is 18.1 Å². The van der Waals surface area contributed by atoms with Gasteiger partial charge in [0.25, 0.3) is 5.91 Å². The minimum atomic E-state index is -0.129. The van der Waals surface area contributed by atoms with Gasteiger partial charge in [-0.3, -0.25) is 4.79 Å². The summed E-state index contributed by atoms with van der Waals surface area (Å²) in [4.78, 5) is 19.0. The van der Waals surface area contributed by atoms with Gasteiger partial charge in [-0.2, -0.15) is 0 Å². The van der Waals surface area contributed by atoms with E-state index in [4.69, 9.17) is 10.5 Å². The van der Waals surface area contributed by atoms with Crippen LogP contribution in [-0.4, -0.2) is 43.7 Å². The van der Waals surface area contributed by atoms with E-state index in [1.54, 1.807) is 7.11 Å². The molecule has 1 amide bonds. The standard InChI is InChI=1S/C13H22N4O2S/c1-4-5-17(2)13-16-11(14)10(20-13)12(18)15-8-6-9(7-8)19-3/h8-9H,4-7,14H2,1-3H3,(H,15,18). The third-order valence-electron chi connectivity index (χ3n) is 3.50. The second-order valence-corrected chi connectivity index (χ2v) is 6.11. The largest absolute Gasteiger partial charge is 0.382 e. The molecular formula is C13H22N4O2S. The molecule has 0 unspecified atom stereocenters. The number of nitrogen functional groups attached to an aromatic ring is 1. The molecule has 1 aromatic heterocycles. The van der Waals surface area contributed by atoms with E-state index in [0.29, 0.717) is 10.7 Å². The summed E-state index contributed by atoms with van der Waals surface area (Å²) in [6.45, 7) is 3.00. The molecule has 0 aromatic carbocycles. The number of nitrogens with one attached hydrogen (secondary N) is 1. The first-order valence-electron chi connectivity index (χ1n) is 6.86. The zero-order valence-corrected chi connectivity index (χ0v) is 13.0. The second kappa shape index (κ2) is 6.41. The van der Waals surface area contributed by atoms with E-state index in [9.17, 15) is 4.79 Å². The number of thiazole rings is 1. The number of nitrogens with two attached hydrogens (primary N) is 1. The molecule has 0 atom stereocenters. The Hall–Kier alpha value is -1.34. The number of rotatable bonds is 6. The van der Waals surface area contributed by atoms with Gasteiger partial charge in [-0.1, -0.05) is 18.3 Å². The first-order chi connectivity index (χ1) is 9.55. The van der Waals surface area contributed by atoms with Gasteiger partial charge in [0.1, 0.15) is 10.7 Å². The normalized spacial score (nSPS) is 21.4. The van der Waals surface area contributed by atoms with E-state index in [1.165, 1.54) is 11.3 Å².